The Labute approximate surface area is 116 Å². The largest absolute Gasteiger partial charge is 0.465 e. The number of fused-ring (bicyclic) bond motifs is 3. The first-order valence-electron chi connectivity index (χ1n) is 6.24. The average molecular weight is 280 g/mol. The molecule has 4 nitrogen and oxygen atoms in total. The lowest BCUT2D eigenvalue weighted by Crippen LogP contribution is -2.42. The van der Waals surface area contributed by atoms with E-state index in [4.69, 9.17) is 16.3 Å². The lowest BCUT2D eigenvalue weighted by molar-refractivity contribution is -0.154. The minimum absolute atomic E-state index is 0.270. The first kappa shape index (κ1) is 12.5. The molecule has 1 N–H and O–H groups in total. The number of rotatable bonds is 2. The van der Waals surface area contributed by atoms with E-state index in [0.29, 0.717) is 11.4 Å². The molecule has 0 spiro atoms. The predicted octanol–water partition coefficient (Wildman–Crippen LogP) is 2.50. The zero-order chi connectivity index (χ0) is 13.8. The fraction of sp³-hybridized carbons (Fsp3) is 0.429. The number of halogens is 1. The molecule has 0 radical (unpaired) electrons. The summed E-state index contributed by atoms with van der Waals surface area (Å²) in [7, 11) is 0. The molecular formula is C14H14ClNO3. The van der Waals surface area contributed by atoms with E-state index >= 15 is 0 Å². The molecule has 0 aromatic heterocycles. The van der Waals surface area contributed by atoms with Gasteiger partial charge in [-0.3, -0.25) is 9.59 Å². The normalized spacial score (nSPS) is 31.0. The van der Waals surface area contributed by atoms with Crippen molar-refractivity contribution in [3.63, 3.8) is 0 Å². The van der Waals surface area contributed by atoms with Crippen molar-refractivity contribution in [3.8, 4) is 0 Å². The minimum Gasteiger partial charge on any atom is -0.465 e. The summed E-state index contributed by atoms with van der Waals surface area (Å²) in [6, 6.07) is 5.31. The van der Waals surface area contributed by atoms with E-state index in [0.717, 1.165) is 11.3 Å². The van der Waals surface area contributed by atoms with Gasteiger partial charge in [-0.05, 0) is 37.1 Å². The Balaban J connectivity index is 2.10. The third-order valence-corrected chi connectivity index (χ3v) is 4.51. The van der Waals surface area contributed by atoms with Gasteiger partial charge in [-0.15, -0.1) is 0 Å². The number of nitrogens with one attached hydrogen (secondary N) is 1. The molecule has 0 bridgehead atoms. The van der Waals surface area contributed by atoms with Crippen molar-refractivity contribution >= 4 is 29.2 Å². The predicted molar refractivity (Wildman–Crippen MR) is 71.1 cm³/mol. The second kappa shape index (κ2) is 3.73. The number of benzene rings is 1. The standard InChI is InChI=1S/C14H14ClNO3/c1-3-19-12(18)14-7-13(14,2)9-6-8(15)4-5-10(9)16-11(14)17/h4-6H,3,7H2,1-2H3,(H,16,17). The monoisotopic (exact) mass is 279 g/mol. The van der Waals surface area contributed by atoms with E-state index in [1.807, 2.05) is 13.0 Å². The SMILES string of the molecule is CCOC(=O)C12CC1(C)c1cc(Cl)ccc1NC2=O. The summed E-state index contributed by atoms with van der Waals surface area (Å²) in [5.41, 5.74) is 0.0460. The fourth-order valence-corrected chi connectivity index (χ4v) is 3.27. The molecule has 3 rings (SSSR count). The van der Waals surface area contributed by atoms with E-state index in [9.17, 15) is 9.59 Å². The molecule has 5 heteroatoms. The average Bonchev–Trinajstić information content (AvgIpc) is 3.01. The highest BCUT2D eigenvalue weighted by molar-refractivity contribution is 6.31. The van der Waals surface area contributed by atoms with Crippen LogP contribution in [0.15, 0.2) is 18.2 Å². The van der Waals surface area contributed by atoms with Gasteiger partial charge in [0.15, 0.2) is 5.41 Å². The second-order valence-corrected chi connectivity index (χ2v) is 5.72. The molecular weight excluding hydrogens is 266 g/mol. The Morgan fingerprint density at radius 2 is 2.26 bits per heavy atom. The third-order valence-electron chi connectivity index (χ3n) is 4.27. The van der Waals surface area contributed by atoms with Crippen molar-refractivity contribution in [1.82, 2.24) is 0 Å². The van der Waals surface area contributed by atoms with Gasteiger partial charge in [0.05, 0.1) is 6.61 Å². The van der Waals surface area contributed by atoms with Gasteiger partial charge >= 0.3 is 5.97 Å². The van der Waals surface area contributed by atoms with Gasteiger partial charge in [0.2, 0.25) is 5.91 Å². The molecule has 1 heterocycles. The topological polar surface area (TPSA) is 55.4 Å². The van der Waals surface area contributed by atoms with Gasteiger partial charge in [-0.2, -0.15) is 0 Å². The van der Waals surface area contributed by atoms with Crippen LogP contribution in [0.1, 0.15) is 25.8 Å². The molecule has 19 heavy (non-hydrogen) atoms. The van der Waals surface area contributed by atoms with Crippen molar-refractivity contribution in [3.05, 3.63) is 28.8 Å². The highest BCUT2D eigenvalue weighted by Gasteiger charge is 2.77. The molecule has 1 aromatic carbocycles. The first-order valence-corrected chi connectivity index (χ1v) is 6.62. The number of hydrogen-bond acceptors (Lipinski definition) is 3. The molecule has 1 fully saturated rings. The summed E-state index contributed by atoms with van der Waals surface area (Å²) in [6.07, 6.45) is 0.470. The molecule has 0 saturated heterocycles. The quantitative estimate of drug-likeness (QED) is 0.668. The van der Waals surface area contributed by atoms with Crippen molar-refractivity contribution in [1.29, 1.82) is 0 Å². The molecule has 1 aromatic rings. The van der Waals surface area contributed by atoms with E-state index in [-0.39, 0.29) is 12.5 Å². The molecule has 2 aliphatic rings. The van der Waals surface area contributed by atoms with Crippen LogP contribution in [-0.2, 0) is 19.7 Å². The third kappa shape index (κ3) is 1.40. The fourth-order valence-electron chi connectivity index (χ4n) is 3.10. The van der Waals surface area contributed by atoms with Crippen LogP contribution in [-0.4, -0.2) is 18.5 Å². The number of anilines is 1. The van der Waals surface area contributed by atoms with Crippen molar-refractivity contribution in [2.75, 3.05) is 11.9 Å². The van der Waals surface area contributed by atoms with Crippen LogP contribution in [0.2, 0.25) is 5.02 Å². The number of amides is 1. The maximum atomic E-state index is 12.3. The first-order chi connectivity index (χ1) is 8.95. The highest BCUT2D eigenvalue weighted by atomic mass is 35.5. The zero-order valence-electron chi connectivity index (χ0n) is 10.7. The van der Waals surface area contributed by atoms with Gasteiger partial charge in [0.25, 0.3) is 0 Å². The molecule has 1 amide bonds. The lowest BCUT2D eigenvalue weighted by Gasteiger charge is -2.28. The maximum absolute atomic E-state index is 12.3. The summed E-state index contributed by atoms with van der Waals surface area (Å²) in [4.78, 5) is 24.4. The van der Waals surface area contributed by atoms with Crippen LogP contribution in [0.25, 0.3) is 0 Å². The molecule has 1 aliphatic carbocycles. The van der Waals surface area contributed by atoms with Crippen molar-refractivity contribution in [2.24, 2.45) is 5.41 Å². The molecule has 2 atom stereocenters. The second-order valence-electron chi connectivity index (χ2n) is 5.28. The highest BCUT2D eigenvalue weighted by Crippen LogP contribution is 2.69. The molecule has 1 saturated carbocycles. The minimum atomic E-state index is -1.08. The van der Waals surface area contributed by atoms with Crippen LogP contribution in [0.5, 0.6) is 0 Å². The van der Waals surface area contributed by atoms with E-state index in [1.54, 1.807) is 19.1 Å². The van der Waals surface area contributed by atoms with Gasteiger partial charge in [-0.25, -0.2) is 0 Å². The van der Waals surface area contributed by atoms with Crippen molar-refractivity contribution < 1.29 is 14.3 Å². The Morgan fingerprint density at radius 3 is 2.95 bits per heavy atom. The van der Waals surface area contributed by atoms with Crippen LogP contribution in [0, 0.1) is 5.41 Å². The lowest BCUT2D eigenvalue weighted by atomic mass is 9.83. The Morgan fingerprint density at radius 1 is 1.53 bits per heavy atom. The van der Waals surface area contributed by atoms with Gasteiger partial charge in [0.1, 0.15) is 0 Å². The summed E-state index contributed by atoms with van der Waals surface area (Å²) >= 11 is 6.02. The smallest absolute Gasteiger partial charge is 0.322 e. The van der Waals surface area contributed by atoms with Crippen LogP contribution in [0.4, 0.5) is 5.69 Å². The van der Waals surface area contributed by atoms with Crippen molar-refractivity contribution in [2.45, 2.75) is 25.7 Å². The van der Waals surface area contributed by atoms with Crippen LogP contribution >= 0.6 is 11.6 Å². The van der Waals surface area contributed by atoms with Gasteiger partial charge in [-0.1, -0.05) is 18.5 Å². The van der Waals surface area contributed by atoms with Gasteiger partial charge < -0.3 is 10.1 Å². The summed E-state index contributed by atoms with van der Waals surface area (Å²) in [5.74, 6) is -0.719. The number of hydrogen-bond donors (Lipinski definition) is 1. The van der Waals surface area contributed by atoms with E-state index in [1.165, 1.54) is 0 Å². The molecule has 100 valence electrons. The number of carbonyl (C=O) groups is 2. The number of ether oxygens (including phenoxy) is 1. The molecule has 2 unspecified atom stereocenters. The molecule has 1 aliphatic heterocycles. The van der Waals surface area contributed by atoms with Gasteiger partial charge in [0, 0.05) is 16.1 Å². The van der Waals surface area contributed by atoms with Crippen LogP contribution in [0.3, 0.4) is 0 Å². The number of esters is 1. The van der Waals surface area contributed by atoms with E-state index < -0.39 is 16.8 Å². The summed E-state index contributed by atoms with van der Waals surface area (Å²) in [6.45, 7) is 3.92. The summed E-state index contributed by atoms with van der Waals surface area (Å²) in [5, 5.41) is 3.38. The van der Waals surface area contributed by atoms with Crippen LogP contribution < -0.4 is 5.32 Å². The summed E-state index contributed by atoms with van der Waals surface area (Å²) < 4.78 is 5.07. The number of carbonyl (C=O) groups excluding carboxylic acids is 2. The zero-order valence-corrected chi connectivity index (χ0v) is 11.5. The Hall–Kier alpha value is -1.55. The Bertz CT molecular complexity index is 600. The Kier molecular flexibility index (Phi) is 2.45. The van der Waals surface area contributed by atoms with E-state index in [2.05, 4.69) is 5.32 Å². The maximum Gasteiger partial charge on any atom is 0.322 e.